The van der Waals surface area contributed by atoms with Crippen molar-refractivity contribution in [3.63, 3.8) is 0 Å². The van der Waals surface area contributed by atoms with Crippen LogP contribution < -0.4 is 16.0 Å². The molecule has 1 aromatic heterocycles. The van der Waals surface area contributed by atoms with E-state index in [2.05, 4.69) is 10.5 Å². The minimum atomic E-state index is -0.367. The molecule has 2 aromatic rings. The van der Waals surface area contributed by atoms with Gasteiger partial charge in [-0.2, -0.15) is 5.10 Å². The Bertz CT molecular complexity index is 566. The Morgan fingerprint density at radius 3 is 2.68 bits per heavy atom. The fourth-order valence-corrected chi connectivity index (χ4v) is 2.45. The van der Waals surface area contributed by atoms with Gasteiger partial charge in [-0.1, -0.05) is 23.2 Å². The lowest BCUT2D eigenvalue weighted by molar-refractivity contribution is 0.402. The van der Waals surface area contributed by atoms with E-state index in [0.717, 1.165) is 11.3 Å². The molecule has 0 spiro atoms. The van der Waals surface area contributed by atoms with Crippen LogP contribution in [0.3, 0.4) is 0 Å². The number of aromatic nitrogens is 2. The fraction of sp³-hybridized carbons (Fsp3) is 0.250. The molecule has 2 rings (SSSR count). The van der Waals surface area contributed by atoms with Crippen molar-refractivity contribution in [1.29, 1.82) is 0 Å². The molecule has 7 heteroatoms. The third-order valence-electron chi connectivity index (χ3n) is 2.88. The van der Waals surface area contributed by atoms with Gasteiger partial charge in [0.2, 0.25) is 0 Å². The maximum atomic E-state index is 6.15. The topological polar surface area (TPSA) is 65.1 Å². The molecular formula is C12H14Cl2N4O. The van der Waals surface area contributed by atoms with Gasteiger partial charge in [0.05, 0.1) is 30.1 Å². The lowest BCUT2D eigenvalue weighted by Crippen LogP contribution is -2.31. The lowest BCUT2D eigenvalue weighted by atomic mass is 10.0. The van der Waals surface area contributed by atoms with Crippen LogP contribution in [0.25, 0.3) is 0 Å². The molecule has 3 N–H and O–H groups in total. The standard InChI is InChI=1S/C12H14Cl2N4O/c1-18-12(9(14)6-16-18)11(17-15)8-5-7(13)3-4-10(8)19-2/h3-6,11,17H,15H2,1-2H3. The van der Waals surface area contributed by atoms with Gasteiger partial charge < -0.3 is 4.74 Å². The van der Waals surface area contributed by atoms with Crippen molar-refractivity contribution < 1.29 is 4.74 Å². The summed E-state index contributed by atoms with van der Waals surface area (Å²) in [7, 11) is 3.38. The summed E-state index contributed by atoms with van der Waals surface area (Å²) in [4.78, 5) is 0. The molecule has 0 aliphatic heterocycles. The zero-order valence-corrected chi connectivity index (χ0v) is 12.0. The number of nitrogens with two attached hydrogens (primary N) is 1. The second-order valence-electron chi connectivity index (χ2n) is 3.99. The minimum Gasteiger partial charge on any atom is -0.496 e. The average molecular weight is 301 g/mol. The van der Waals surface area contributed by atoms with E-state index < -0.39 is 0 Å². The predicted molar refractivity (Wildman–Crippen MR) is 75.4 cm³/mol. The predicted octanol–water partition coefficient (Wildman–Crippen LogP) is 2.29. The molecule has 0 bridgehead atoms. The molecule has 19 heavy (non-hydrogen) atoms. The average Bonchev–Trinajstić information content (AvgIpc) is 2.72. The number of rotatable bonds is 4. The van der Waals surface area contributed by atoms with E-state index in [1.807, 2.05) is 0 Å². The van der Waals surface area contributed by atoms with Crippen LogP contribution in [0.15, 0.2) is 24.4 Å². The molecule has 102 valence electrons. The van der Waals surface area contributed by atoms with Crippen LogP contribution in [0.2, 0.25) is 10.0 Å². The van der Waals surface area contributed by atoms with Crippen molar-refractivity contribution in [2.24, 2.45) is 12.9 Å². The van der Waals surface area contributed by atoms with Gasteiger partial charge in [0.1, 0.15) is 5.75 Å². The van der Waals surface area contributed by atoms with Crippen molar-refractivity contribution in [2.45, 2.75) is 6.04 Å². The van der Waals surface area contributed by atoms with Crippen molar-refractivity contribution >= 4 is 23.2 Å². The van der Waals surface area contributed by atoms with Crippen molar-refractivity contribution in [1.82, 2.24) is 15.2 Å². The first kappa shape index (κ1) is 14.1. The van der Waals surface area contributed by atoms with Crippen LogP contribution in [0, 0.1) is 0 Å². The summed E-state index contributed by atoms with van der Waals surface area (Å²) in [5.74, 6) is 6.33. The summed E-state index contributed by atoms with van der Waals surface area (Å²) in [6.45, 7) is 0. The van der Waals surface area contributed by atoms with Gasteiger partial charge in [-0.25, -0.2) is 5.43 Å². The molecule has 0 saturated carbocycles. The number of halogens is 2. The number of methoxy groups -OCH3 is 1. The summed E-state index contributed by atoms with van der Waals surface area (Å²) in [5.41, 5.74) is 4.26. The van der Waals surface area contributed by atoms with E-state index in [1.54, 1.807) is 43.2 Å². The fourth-order valence-electron chi connectivity index (χ4n) is 1.99. The van der Waals surface area contributed by atoms with E-state index in [0.29, 0.717) is 15.8 Å². The number of hydrogen-bond donors (Lipinski definition) is 2. The van der Waals surface area contributed by atoms with Gasteiger partial charge >= 0.3 is 0 Å². The molecule has 1 unspecified atom stereocenters. The van der Waals surface area contributed by atoms with Crippen molar-refractivity contribution in [2.75, 3.05) is 7.11 Å². The van der Waals surface area contributed by atoms with Crippen molar-refractivity contribution in [3.05, 3.63) is 45.7 Å². The van der Waals surface area contributed by atoms with E-state index in [1.165, 1.54) is 0 Å². The molecule has 1 atom stereocenters. The summed E-state index contributed by atoms with van der Waals surface area (Å²) >= 11 is 12.2. The van der Waals surface area contributed by atoms with Crippen LogP contribution in [-0.4, -0.2) is 16.9 Å². The highest BCUT2D eigenvalue weighted by Crippen LogP contribution is 2.34. The molecule has 0 radical (unpaired) electrons. The largest absolute Gasteiger partial charge is 0.496 e. The van der Waals surface area contributed by atoms with Crippen LogP contribution in [0.4, 0.5) is 0 Å². The minimum absolute atomic E-state index is 0.367. The summed E-state index contributed by atoms with van der Waals surface area (Å²) < 4.78 is 6.99. The number of nitrogens with zero attached hydrogens (tertiary/aromatic N) is 2. The van der Waals surface area contributed by atoms with Gasteiger partial charge in [0.15, 0.2) is 0 Å². The monoisotopic (exact) mass is 300 g/mol. The SMILES string of the molecule is COc1ccc(Cl)cc1C(NN)c1c(Cl)cnn1C. The van der Waals surface area contributed by atoms with E-state index in [4.69, 9.17) is 33.8 Å². The third kappa shape index (κ3) is 2.69. The normalized spacial score (nSPS) is 12.5. The number of hydrazine groups is 1. The highest BCUT2D eigenvalue weighted by atomic mass is 35.5. The molecule has 1 heterocycles. The number of aryl methyl sites for hydroxylation is 1. The lowest BCUT2D eigenvalue weighted by Gasteiger charge is -2.20. The van der Waals surface area contributed by atoms with Crippen LogP contribution in [-0.2, 0) is 7.05 Å². The van der Waals surface area contributed by atoms with Gasteiger partial charge in [0.25, 0.3) is 0 Å². The molecule has 0 saturated heterocycles. The molecular weight excluding hydrogens is 287 g/mol. The Hall–Kier alpha value is -1.27. The second kappa shape index (κ2) is 5.79. The highest BCUT2D eigenvalue weighted by molar-refractivity contribution is 6.31. The maximum Gasteiger partial charge on any atom is 0.124 e. The van der Waals surface area contributed by atoms with Gasteiger partial charge in [-0.15, -0.1) is 0 Å². The quantitative estimate of drug-likeness (QED) is 0.672. The zero-order chi connectivity index (χ0) is 14.0. The Balaban J connectivity index is 2.57. The number of ether oxygens (including phenoxy) is 1. The third-order valence-corrected chi connectivity index (χ3v) is 3.41. The molecule has 0 fully saturated rings. The van der Waals surface area contributed by atoms with E-state index in [9.17, 15) is 0 Å². The Morgan fingerprint density at radius 1 is 1.42 bits per heavy atom. The van der Waals surface area contributed by atoms with E-state index in [-0.39, 0.29) is 6.04 Å². The van der Waals surface area contributed by atoms with Crippen LogP contribution in [0.1, 0.15) is 17.3 Å². The first-order chi connectivity index (χ1) is 9.08. The first-order valence-corrected chi connectivity index (χ1v) is 6.31. The smallest absolute Gasteiger partial charge is 0.124 e. The molecule has 0 amide bonds. The van der Waals surface area contributed by atoms with Gasteiger partial charge in [0, 0.05) is 17.6 Å². The molecule has 0 aliphatic rings. The summed E-state index contributed by atoms with van der Waals surface area (Å²) in [6, 6.07) is 4.96. The summed E-state index contributed by atoms with van der Waals surface area (Å²) in [6.07, 6.45) is 1.57. The number of nitrogens with one attached hydrogen (secondary N) is 1. The first-order valence-electron chi connectivity index (χ1n) is 5.55. The van der Waals surface area contributed by atoms with E-state index >= 15 is 0 Å². The zero-order valence-electron chi connectivity index (χ0n) is 10.5. The number of hydrogen-bond acceptors (Lipinski definition) is 4. The Kier molecular flexibility index (Phi) is 4.31. The summed E-state index contributed by atoms with van der Waals surface area (Å²) in [5, 5.41) is 5.22. The van der Waals surface area contributed by atoms with Crippen molar-refractivity contribution in [3.8, 4) is 5.75 Å². The van der Waals surface area contributed by atoms with Gasteiger partial charge in [-0.3, -0.25) is 10.5 Å². The number of benzene rings is 1. The highest BCUT2D eigenvalue weighted by Gasteiger charge is 2.23. The second-order valence-corrected chi connectivity index (χ2v) is 4.83. The van der Waals surface area contributed by atoms with Crippen LogP contribution >= 0.6 is 23.2 Å². The molecule has 0 aliphatic carbocycles. The van der Waals surface area contributed by atoms with Gasteiger partial charge in [-0.05, 0) is 18.2 Å². The maximum absolute atomic E-state index is 6.15. The molecule has 5 nitrogen and oxygen atoms in total. The Labute approximate surface area is 121 Å². The van der Waals surface area contributed by atoms with Crippen LogP contribution in [0.5, 0.6) is 5.75 Å². The molecule has 1 aromatic carbocycles. The Morgan fingerprint density at radius 2 is 2.16 bits per heavy atom.